The molecule has 4 nitrogen and oxygen atoms in total. The van der Waals surface area contributed by atoms with Crippen molar-refractivity contribution in [2.75, 3.05) is 5.32 Å². The van der Waals surface area contributed by atoms with Crippen LogP contribution < -0.4 is 10.7 Å². The molecule has 22 heavy (non-hydrogen) atoms. The summed E-state index contributed by atoms with van der Waals surface area (Å²) in [5.41, 5.74) is 5.42. The highest BCUT2D eigenvalue weighted by molar-refractivity contribution is 6.30. The number of rotatable bonds is 5. The van der Waals surface area contributed by atoms with Crippen LogP contribution in [-0.4, -0.2) is 18.2 Å². The molecule has 0 saturated carbocycles. The molecule has 2 rings (SSSR count). The van der Waals surface area contributed by atoms with E-state index in [1.807, 2.05) is 43.3 Å². The van der Waals surface area contributed by atoms with Crippen molar-refractivity contribution in [1.29, 1.82) is 0 Å². The van der Waals surface area contributed by atoms with Gasteiger partial charge in [-0.05, 0) is 49.2 Å². The Labute approximate surface area is 135 Å². The van der Waals surface area contributed by atoms with Crippen molar-refractivity contribution in [2.24, 2.45) is 5.10 Å². The first-order valence-electron chi connectivity index (χ1n) is 6.96. The van der Waals surface area contributed by atoms with Crippen molar-refractivity contribution in [2.45, 2.75) is 19.9 Å². The van der Waals surface area contributed by atoms with Gasteiger partial charge in [-0.2, -0.15) is 5.10 Å². The zero-order valence-corrected chi connectivity index (χ0v) is 13.3. The second kappa shape index (κ2) is 7.61. The van der Waals surface area contributed by atoms with Crippen LogP contribution in [-0.2, 0) is 4.79 Å². The van der Waals surface area contributed by atoms with Crippen LogP contribution >= 0.6 is 11.6 Å². The molecule has 0 unspecified atom stereocenters. The lowest BCUT2D eigenvalue weighted by molar-refractivity contribution is -0.121. The van der Waals surface area contributed by atoms with Crippen molar-refractivity contribution >= 4 is 29.4 Å². The van der Waals surface area contributed by atoms with Crippen molar-refractivity contribution in [3.8, 4) is 0 Å². The maximum absolute atomic E-state index is 12.0. The second-order valence-electron chi connectivity index (χ2n) is 5.02. The Balaban J connectivity index is 1.87. The van der Waals surface area contributed by atoms with Crippen LogP contribution in [0.4, 0.5) is 5.69 Å². The summed E-state index contributed by atoms with van der Waals surface area (Å²) >= 11 is 5.80. The minimum absolute atomic E-state index is 0.202. The number of hydrogen-bond acceptors (Lipinski definition) is 3. The molecule has 0 saturated heterocycles. The number of benzene rings is 2. The summed E-state index contributed by atoms with van der Waals surface area (Å²) in [4.78, 5) is 12.0. The summed E-state index contributed by atoms with van der Waals surface area (Å²) in [7, 11) is 0. The van der Waals surface area contributed by atoms with Gasteiger partial charge in [0.15, 0.2) is 0 Å². The van der Waals surface area contributed by atoms with Gasteiger partial charge in [0.25, 0.3) is 5.91 Å². The monoisotopic (exact) mass is 315 g/mol. The molecule has 2 aromatic rings. The van der Waals surface area contributed by atoms with Gasteiger partial charge in [-0.25, -0.2) is 5.43 Å². The van der Waals surface area contributed by atoms with E-state index in [0.717, 1.165) is 16.8 Å². The van der Waals surface area contributed by atoms with Gasteiger partial charge >= 0.3 is 0 Å². The predicted octanol–water partition coefficient (Wildman–Crippen LogP) is 3.60. The Bertz CT molecular complexity index is 668. The molecule has 0 aliphatic carbocycles. The number of nitrogens with zero attached hydrogens (tertiary/aromatic N) is 1. The Morgan fingerprint density at radius 1 is 1.23 bits per heavy atom. The summed E-state index contributed by atoms with van der Waals surface area (Å²) in [5, 5.41) is 7.74. The van der Waals surface area contributed by atoms with Crippen LogP contribution in [0.3, 0.4) is 0 Å². The number of carbonyl (C=O) groups excluding carboxylic acids is 1. The maximum Gasteiger partial charge on any atom is 0.262 e. The predicted molar refractivity (Wildman–Crippen MR) is 91.5 cm³/mol. The lowest BCUT2D eigenvalue weighted by Gasteiger charge is -2.13. The van der Waals surface area contributed by atoms with Crippen molar-refractivity contribution in [3.63, 3.8) is 0 Å². The Hall–Kier alpha value is -2.33. The summed E-state index contributed by atoms with van der Waals surface area (Å²) in [6.45, 7) is 3.79. The third-order valence-corrected chi connectivity index (χ3v) is 3.30. The fourth-order valence-corrected chi connectivity index (χ4v) is 1.99. The number of amides is 1. The minimum Gasteiger partial charge on any atom is -0.374 e. The van der Waals surface area contributed by atoms with E-state index in [0.29, 0.717) is 5.02 Å². The molecule has 0 aromatic heterocycles. The molecule has 0 aliphatic rings. The molecule has 1 amide bonds. The highest BCUT2D eigenvalue weighted by atomic mass is 35.5. The average Bonchev–Trinajstić information content (AvgIpc) is 2.49. The number of carbonyl (C=O) groups is 1. The fourth-order valence-electron chi connectivity index (χ4n) is 1.87. The van der Waals surface area contributed by atoms with E-state index in [2.05, 4.69) is 15.8 Å². The maximum atomic E-state index is 12.0. The molecular formula is C17H18ClN3O. The SMILES string of the molecule is Cc1cccc(N[C@@H](C)C(=O)NN=Cc2ccc(Cl)cc2)c1. The number of nitrogens with one attached hydrogen (secondary N) is 2. The second-order valence-corrected chi connectivity index (χ2v) is 5.46. The van der Waals surface area contributed by atoms with Crippen molar-refractivity contribution < 1.29 is 4.79 Å². The van der Waals surface area contributed by atoms with Crippen LogP contribution in [0.5, 0.6) is 0 Å². The van der Waals surface area contributed by atoms with E-state index >= 15 is 0 Å². The van der Waals surface area contributed by atoms with Gasteiger partial charge in [-0.1, -0.05) is 35.9 Å². The van der Waals surface area contributed by atoms with Crippen LogP contribution in [0.25, 0.3) is 0 Å². The molecule has 114 valence electrons. The first kappa shape index (κ1) is 16.0. The Kier molecular flexibility index (Phi) is 5.55. The standard InChI is InChI=1S/C17H18ClN3O/c1-12-4-3-5-16(10-12)20-13(2)17(22)21-19-11-14-6-8-15(18)9-7-14/h3-11,13,20H,1-2H3,(H,21,22)/t13-/m0/s1. The van der Waals surface area contributed by atoms with E-state index in [1.165, 1.54) is 0 Å². The van der Waals surface area contributed by atoms with Crippen LogP contribution in [0.15, 0.2) is 53.6 Å². The zero-order valence-electron chi connectivity index (χ0n) is 12.5. The van der Waals surface area contributed by atoms with Crippen LogP contribution in [0, 0.1) is 6.92 Å². The van der Waals surface area contributed by atoms with Gasteiger partial charge in [0.1, 0.15) is 6.04 Å². The van der Waals surface area contributed by atoms with Gasteiger partial charge in [-0.3, -0.25) is 4.79 Å². The van der Waals surface area contributed by atoms with E-state index in [1.54, 1.807) is 25.3 Å². The number of aryl methyl sites for hydroxylation is 1. The highest BCUT2D eigenvalue weighted by Gasteiger charge is 2.11. The first-order valence-corrected chi connectivity index (χ1v) is 7.34. The molecule has 0 bridgehead atoms. The third-order valence-electron chi connectivity index (χ3n) is 3.05. The molecule has 2 N–H and O–H groups in total. The summed E-state index contributed by atoms with van der Waals surface area (Å²) in [6, 6.07) is 14.7. The lowest BCUT2D eigenvalue weighted by atomic mass is 10.2. The number of anilines is 1. The molecular weight excluding hydrogens is 298 g/mol. The fraction of sp³-hybridized carbons (Fsp3) is 0.176. The van der Waals surface area contributed by atoms with Crippen LogP contribution in [0.2, 0.25) is 5.02 Å². The topological polar surface area (TPSA) is 53.5 Å². The molecule has 0 aliphatic heterocycles. The van der Waals surface area contributed by atoms with Crippen molar-refractivity contribution in [1.82, 2.24) is 5.43 Å². The molecule has 5 heteroatoms. The van der Waals surface area contributed by atoms with E-state index in [9.17, 15) is 4.79 Å². The van der Waals surface area contributed by atoms with E-state index in [-0.39, 0.29) is 11.9 Å². The van der Waals surface area contributed by atoms with Gasteiger partial charge < -0.3 is 5.32 Å². The number of hydrogen-bond donors (Lipinski definition) is 2. The summed E-state index contributed by atoms with van der Waals surface area (Å²) in [6.07, 6.45) is 1.58. The van der Waals surface area contributed by atoms with E-state index < -0.39 is 0 Å². The van der Waals surface area contributed by atoms with E-state index in [4.69, 9.17) is 11.6 Å². The first-order chi connectivity index (χ1) is 10.5. The Morgan fingerprint density at radius 3 is 2.64 bits per heavy atom. The normalized spacial score (nSPS) is 12.1. The molecule has 0 fully saturated rings. The highest BCUT2D eigenvalue weighted by Crippen LogP contribution is 2.11. The molecule has 0 heterocycles. The Morgan fingerprint density at radius 2 is 1.95 bits per heavy atom. The van der Waals surface area contributed by atoms with Gasteiger partial charge in [0.05, 0.1) is 6.21 Å². The zero-order chi connectivity index (χ0) is 15.9. The minimum atomic E-state index is -0.385. The number of halogens is 1. The largest absolute Gasteiger partial charge is 0.374 e. The molecule has 1 atom stereocenters. The molecule has 2 aromatic carbocycles. The number of hydrazone groups is 1. The quantitative estimate of drug-likeness (QED) is 0.654. The van der Waals surface area contributed by atoms with Gasteiger partial charge in [-0.15, -0.1) is 0 Å². The average molecular weight is 316 g/mol. The lowest BCUT2D eigenvalue weighted by Crippen LogP contribution is -2.34. The third kappa shape index (κ3) is 4.90. The van der Waals surface area contributed by atoms with Gasteiger partial charge in [0.2, 0.25) is 0 Å². The smallest absolute Gasteiger partial charge is 0.262 e. The van der Waals surface area contributed by atoms with Gasteiger partial charge in [0, 0.05) is 10.7 Å². The van der Waals surface area contributed by atoms with Crippen LogP contribution in [0.1, 0.15) is 18.1 Å². The summed E-state index contributed by atoms with van der Waals surface area (Å²) < 4.78 is 0. The summed E-state index contributed by atoms with van der Waals surface area (Å²) in [5.74, 6) is -0.202. The van der Waals surface area contributed by atoms with Crippen molar-refractivity contribution in [3.05, 3.63) is 64.7 Å². The molecule has 0 radical (unpaired) electrons. The molecule has 0 spiro atoms.